The van der Waals surface area contributed by atoms with E-state index in [9.17, 15) is 9.90 Å². The van der Waals surface area contributed by atoms with Crippen LogP contribution in [-0.2, 0) is 6.61 Å². The highest BCUT2D eigenvalue weighted by atomic mass is 16.3. The SMILES string of the molecule is C=C(C)c1ccc2c(=O)n(-c3cccc(-n4cc(C#N)c(N)n4)c3CO)ncc2c1. The molecule has 0 radical (unpaired) electrons. The van der Waals surface area contributed by atoms with Crippen molar-refractivity contribution in [2.24, 2.45) is 0 Å². The van der Waals surface area contributed by atoms with Gasteiger partial charge in [0.2, 0.25) is 0 Å². The van der Waals surface area contributed by atoms with Crippen LogP contribution >= 0.6 is 0 Å². The lowest BCUT2D eigenvalue weighted by molar-refractivity contribution is 0.280. The molecule has 0 saturated carbocycles. The number of allylic oxidation sites excluding steroid dienone is 1. The second kappa shape index (κ2) is 7.31. The Morgan fingerprint density at radius 2 is 2.07 bits per heavy atom. The molecule has 2 heterocycles. The fourth-order valence-electron chi connectivity index (χ4n) is 3.32. The molecule has 0 atom stereocenters. The van der Waals surface area contributed by atoms with E-state index in [2.05, 4.69) is 16.8 Å². The van der Waals surface area contributed by atoms with Crippen molar-refractivity contribution in [3.05, 3.63) is 82.4 Å². The molecule has 0 aliphatic heterocycles. The monoisotopic (exact) mass is 398 g/mol. The molecule has 8 nitrogen and oxygen atoms in total. The molecule has 0 fully saturated rings. The van der Waals surface area contributed by atoms with Gasteiger partial charge in [-0.05, 0) is 36.8 Å². The zero-order chi connectivity index (χ0) is 21.4. The van der Waals surface area contributed by atoms with Gasteiger partial charge in [0, 0.05) is 10.9 Å². The van der Waals surface area contributed by atoms with Crippen molar-refractivity contribution < 1.29 is 5.11 Å². The zero-order valence-electron chi connectivity index (χ0n) is 16.2. The van der Waals surface area contributed by atoms with Gasteiger partial charge in [-0.2, -0.15) is 15.0 Å². The molecule has 0 bridgehead atoms. The van der Waals surface area contributed by atoms with Crippen LogP contribution in [0.2, 0.25) is 0 Å². The number of rotatable bonds is 4. The first-order valence-electron chi connectivity index (χ1n) is 9.11. The van der Waals surface area contributed by atoms with Crippen molar-refractivity contribution in [3.8, 4) is 17.4 Å². The number of hydrogen-bond donors (Lipinski definition) is 2. The number of aliphatic hydroxyl groups excluding tert-OH is 1. The summed E-state index contributed by atoms with van der Waals surface area (Å²) in [5.74, 6) is 0.0844. The van der Waals surface area contributed by atoms with Crippen LogP contribution < -0.4 is 11.3 Å². The average molecular weight is 398 g/mol. The highest BCUT2D eigenvalue weighted by molar-refractivity contribution is 5.84. The van der Waals surface area contributed by atoms with E-state index in [0.717, 1.165) is 11.1 Å². The van der Waals surface area contributed by atoms with E-state index in [4.69, 9.17) is 11.0 Å². The van der Waals surface area contributed by atoms with E-state index in [1.54, 1.807) is 30.5 Å². The van der Waals surface area contributed by atoms with Crippen molar-refractivity contribution in [1.29, 1.82) is 5.26 Å². The number of aromatic nitrogens is 4. The second-order valence-corrected chi connectivity index (χ2v) is 6.86. The van der Waals surface area contributed by atoms with Gasteiger partial charge in [-0.3, -0.25) is 4.79 Å². The van der Waals surface area contributed by atoms with Gasteiger partial charge >= 0.3 is 0 Å². The molecule has 148 valence electrons. The number of nitrogens with zero attached hydrogens (tertiary/aromatic N) is 5. The number of nitrogen functional groups attached to an aromatic ring is 1. The molecule has 30 heavy (non-hydrogen) atoms. The summed E-state index contributed by atoms with van der Waals surface area (Å²) in [6, 6.07) is 12.6. The second-order valence-electron chi connectivity index (χ2n) is 6.86. The molecule has 0 aliphatic rings. The van der Waals surface area contributed by atoms with Crippen molar-refractivity contribution in [1.82, 2.24) is 19.6 Å². The topological polar surface area (TPSA) is 123 Å². The minimum Gasteiger partial charge on any atom is -0.392 e. The summed E-state index contributed by atoms with van der Waals surface area (Å²) in [4.78, 5) is 13.1. The third-order valence-corrected chi connectivity index (χ3v) is 4.90. The van der Waals surface area contributed by atoms with Crippen LogP contribution in [0.4, 0.5) is 5.82 Å². The van der Waals surface area contributed by atoms with E-state index in [0.29, 0.717) is 27.7 Å². The van der Waals surface area contributed by atoms with Gasteiger partial charge in [0.15, 0.2) is 5.82 Å². The van der Waals surface area contributed by atoms with Gasteiger partial charge in [0.25, 0.3) is 5.56 Å². The van der Waals surface area contributed by atoms with Crippen molar-refractivity contribution >= 4 is 22.2 Å². The third kappa shape index (κ3) is 3.03. The zero-order valence-corrected chi connectivity index (χ0v) is 16.2. The Bertz CT molecular complexity index is 1410. The van der Waals surface area contributed by atoms with Gasteiger partial charge in [0.05, 0.1) is 35.8 Å². The molecule has 0 spiro atoms. The van der Waals surface area contributed by atoms with Crippen LogP contribution in [0.3, 0.4) is 0 Å². The number of nitriles is 1. The molecule has 4 aromatic rings. The van der Waals surface area contributed by atoms with Gasteiger partial charge < -0.3 is 10.8 Å². The Morgan fingerprint density at radius 1 is 1.30 bits per heavy atom. The fourth-order valence-corrected chi connectivity index (χ4v) is 3.32. The van der Waals surface area contributed by atoms with Crippen LogP contribution in [0.15, 0.2) is 60.2 Å². The Morgan fingerprint density at radius 3 is 2.73 bits per heavy atom. The first-order chi connectivity index (χ1) is 14.4. The predicted molar refractivity (Wildman–Crippen MR) is 114 cm³/mol. The molecule has 2 aromatic carbocycles. The van der Waals surface area contributed by atoms with Gasteiger partial charge in [-0.25, -0.2) is 4.68 Å². The van der Waals surface area contributed by atoms with Crippen LogP contribution in [0.5, 0.6) is 0 Å². The molecule has 3 N–H and O–H groups in total. The van der Waals surface area contributed by atoms with Gasteiger partial charge in [0.1, 0.15) is 11.6 Å². The number of benzene rings is 2. The normalized spacial score (nSPS) is 10.8. The molecule has 0 aliphatic carbocycles. The van der Waals surface area contributed by atoms with E-state index >= 15 is 0 Å². The lowest BCUT2D eigenvalue weighted by Gasteiger charge is -2.14. The van der Waals surface area contributed by atoms with Gasteiger partial charge in [-0.1, -0.05) is 24.3 Å². The molecule has 4 rings (SSSR count). The van der Waals surface area contributed by atoms with Crippen molar-refractivity contribution in [2.75, 3.05) is 5.73 Å². The van der Waals surface area contributed by atoms with E-state index in [-0.39, 0.29) is 23.5 Å². The van der Waals surface area contributed by atoms with E-state index in [1.165, 1.54) is 15.6 Å². The van der Waals surface area contributed by atoms with Crippen LogP contribution in [-0.4, -0.2) is 24.7 Å². The Balaban J connectivity index is 1.92. The summed E-state index contributed by atoms with van der Waals surface area (Å²) in [7, 11) is 0. The highest BCUT2D eigenvalue weighted by Crippen LogP contribution is 2.24. The smallest absolute Gasteiger partial charge is 0.279 e. The summed E-state index contributed by atoms with van der Waals surface area (Å²) in [6.07, 6.45) is 3.08. The summed E-state index contributed by atoms with van der Waals surface area (Å²) in [6.45, 7) is 5.46. The maximum absolute atomic E-state index is 13.1. The number of anilines is 1. The first kappa shape index (κ1) is 19.1. The molecule has 8 heteroatoms. The number of nitrogens with two attached hydrogens (primary N) is 1. The molecular formula is C22H18N6O2. The summed E-state index contributed by atoms with van der Waals surface area (Å²) in [5, 5.41) is 28.9. The van der Waals surface area contributed by atoms with Crippen LogP contribution in [0, 0.1) is 11.3 Å². The lowest BCUT2D eigenvalue weighted by atomic mass is 10.1. The van der Waals surface area contributed by atoms with Crippen LogP contribution in [0.25, 0.3) is 27.7 Å². The maximum atomic E-state index is 13.1. The molecule has 0 amide bonds. The first-order valence-corrected chi connectivity index (χ1v) is 9.11. The molecule has 2 aromatic heterocycles. The van der Waals surface area contributed by atoms with E-state index in [1.807, 2.05) is 25.1 Å². The minimum absolute atomic E-state index is 0.0844. The van der Waals surface area contributed by atoms with Crippen LogP contribution in [0.1, 0.15) is 23.6 Å². The van der Waals surface area contributed by atoms with Crippen molar-refractivity contribution in [2.45, 2.75) is 13.5 Å². The predicted octanol–water partition coefficient (Wildman–Crippen LogP) is 2.55. The Kier molecular flexibility index (Phi) is 4.66. The number of fused-ring (bicyclic) bond motifs is 1. The Labute approximate surface area is 171 Å². The quantitative estimate of drug-likeness (QED) is 0.545. The lowest BCUT2D eigenvalue weighted by Crippen LogP contribution is -2.23. The Hall–Kier alpha value is -4.22. The maximum Gasteiger partial charge on any atom is 0.279 e. The number of hydrogen-bond acceptors (Lipinski definition) is 6. The summed E-state index contributed by atoms with van der Waals surface area (Å²) < 4.78 is 2.66. The third-order valence-electron chi connectivity index (χ3n) is 4.90. The largest absolute Gasteiger partial charge is 0.392 e. The highest BCUT2D eigenvalue weighted by Gasteiger charge is 2.16. The minimum atomic E-state index is -0.367. The average Bonchev–Trinajstić information content (AvgIpc) is 3.13. The standard InChI is InChI=1S/C22H18N6O2/c1-13(2)14-6-7-17-15(8-14)10-25-28(22(17)30)20-5-3-4-19(18(20)12-29)27-11-16(9-23)21(24)26-27/h3-8,10-11,29H,1,12H2,2H3,(H2,24,26). The van der Waals surface area contributed by atoms with Crippen molar-refractivity contribution in [3.63, 3.8) is 0 Å². The summed E-state index contributed by atoms with van der Waals surface area (Å²) in [5.41, 5.74) is 8.83. The molecular weight excluding hydrogens is 380 g/mol. The molecule has 0 saturated heterocycles. The number of aliphatic hydroxyl groups is 1. The fraction of sp³-hybridized carbons (Fsp3) is 0.0909. The van der Waals surface area contributed by atoms with E-state index < -0.39 is 0 Å². The summed E-state index contributed by atoms with van der Waals surface area (Å²) >= 11 is 0. The molecule has 0 unspecified atom stereocenters. The van der Waals surface area contributed by atoms with Gasteiger partial charge in [-0.15, -0.1) is 5.10 Å².